The van der Waals surface area contributed by atoms with Crippen molar-refractivity contribution >= 4 is 0 Å². The first kappa shape index (κ1) is 14.9. The highest BCUT2D eigenvalue weighted by molar-refractivity contribution is 5.87. The minimum Gasteiger partial charge on any atom is -0.192 e. The van der Waals surface area contributed by atoms with Crippen molar-refractivity contribution in [2.24, 2.45) is 0 Å². The Bertz CT molecular complexity index is 877. The second-order valence-electron chi connectivity index (χ2n) is 6.75. The molecule has 0 amide bonds. The van der Waals surface area contributed by atoms with E-state index in [1.54, 1.807) is 0 Å². The van der Waals surface area contributed by atoms with Crippen molar-refractivity contribution in [1.82, 2.24) is 0 Å². The van der Waals surface area contributed by atoms with E-state index >= 15 is 0 Å². The molecule has 0 aromatic heterocycles. The van der Waals surface area contributed by atoms with E-state index in [0.29, 0.717) is 0 Å². The van der Waals surface area contributed by atoms with Crippen LogP contribution in [-0.2, 0) is 6.42 Å². The van der Waals surface area contributed by atoms with Crippen LogP contribution in [0.4, 0.5) is 0 Å². The van der Waals surface area contributed by atoms with Gasteiger partial charge in [0.1, 0.15) is 0 Å². The largest absolute Gasteiger partial charge is 0.192 e. The molecule has 0 heterocycles. The van der Waals surface area contributed by atoms with Gasteiger partial charge in [0.2, 0.25) is 0 Å². The monoisotopic (exact) mass is 289 g/mol. The van der Waals surface area contributed by atoms with E-state index in [-0.39, 0.29) is 0 Å². The Kier molecular flexibility index (Phi) is 3.18. The summed E-state index contributed by atoms with van der Waals surface area (Å²) in [6.07, 6.45) is 1.01. The average Bonchev–Trinajstić information content (AvgIpc) is 2.90. The number of nitrogens with zero attached hydrogens (tertiary/aromatic N) is 1. The van der Waals surface area contributed by atoms with Crippen molar-refractivity contribution in [3.05, 3.63) is 55.6 Å². The van der Waals surface area contributed by atoms with Gasteiger partial charge in [-0.05, 0) is 116 Å². The van der Waals surface area contributed by atoms with Crippen molar-refractivity contribution in [3.8, 4) is 17.2 Å². The second-order valence-corrected chi connectivity index (χ2v) is 6.75. The molecule has 1 aliphatic carbocycles. The summed E-state index contributed by atoms with van der Waals surface area (Å²) >= 11 is 0. The van der Waals surface area contributed by atoms with Crippen molar-refractivity contribution in [2.75, 3.05) is 0 Å². The number of nitriles is 1. The predicted molar refractivity (Wildman–Crippen MR) is 92.6 cm³/mol. The average molecular weight is 289 g/mol. The van der Waals surface area contributed by atoms with E-state index in [0.717, 1.165) is 23.1 Å². The molecule has 0 saturated heterocycles. The minimum absolute atomic E-state index is 0.861. The van der Waals surface area contributed by atoms with Gasteiger partial charge in [0.25, 0.3) is 0 Å². The number of hydrogen-bond acceptors (Lipinski definition) is 1. The highest BCUT2D eigenvalue weighted by Crippen LogP contribution is 2.47. The molecule has 0 atom stereocenters. The second kappa shape index (κ2) is 4.71. The molecule has 1 nitrogen and oxygen atoms in total. The molecule has 0 saturated carbocycles. The van der Waals surface area contributed by atoms with Gasteiger partial charge >= 0.3 is 0 Å². The molecule has 0 radical (unpaired) electrons. The SMILES string of the molecule is Cc1c(C)c(C)c2c(c1C)Cc1c(C)c(C)c(C#N)c(C)c1-2. The molecule has 0 spiro atoms. The van der Waals surface area contributed by atoms with Gasteiger partial charge in [-0.2, -0.15) is 5.26 Å². The summed E-state index contributed by atoms with van der Waals surface area (Å²) in [7, 11) is 0. The van der Waals surface area contributed by atoms with Crippen molar-refractivity contribution in [2.45, 2.75) is 54.9 Å². The van der Waals surface area contributed by atoms with Gasteiger partial charge < -0.3 is 0 Å². The van der Waals surface area contributed by atoms with Gasteiger partial charge in [0, 0.05) is 0 Å². The molecule has 0 N–H and O–H groups in total. The third-order valence-corrected chi connectivity index (χ3v) is 5.97. The van der Waals surface area contributed by atoms with Crippen LogP contribution in [0.1, 0.15) is 55.6 Å². The number of hydrogen-bond donors (Lipinski definition) is 0. The van der Waals surface area contributed by atoms with Crippen LogP contribution in [0, 0.1) is 59.8 Å². The molecule has 2 aromatic carbocycles. The first-order chi connectivity index (χ1) is 10.3. The molecule has 0 bridgehead atoms. The van der Waals surface area contributed by atoms with Crippen LogP contribution in [0.5, 0.6) is 0 Å². The standard InChI is InChI=1S/C21H23N/c1-10-11(2)15(6)20-17(12(10)3)8-18-13(4)14(5)19(9-22)16(7)21(18)20/h8H2,1-7H3. The molecule has 1 heteroatoms. The van der Waals surface area contributed by atoms with Gasteiger partial charge in [-0.3, -0.25) is 0 Å². The maximum atomic E-state index is 9.58. The Balaban J connectivity index is 2.51. The first-order valence-electron chi connectivity index (χ1n) is 7.93. The highest BCUT2D eigenvalue weighted by atomic mass is 14.3. The lowest BCUT2D eigenvalue weighted by Gasteiger charge is -2.18. The molecule has 1 aliphatic rings. The fourth-order valence-corrected chi connectivity index (χ4v) is 4.09. The molecule has 0 aliphatic heterocycles. The van der Waals surface area contributed by atoms with Gasteiger partial charge in [-0.15, -0.1) is 0 Å². The third kappa shape index (κ3) is 1.64. The van der Waals surface area contributed by atoms with Crippen LogP contribution in [0.15, 0.2) is 0 Å². The maximum Gasteiger partial charge on any atom is 0.0997 e. The topological polar surface area (TPSA) is 23.8 Å². The molecule has 3 rings (SSSR count). The molecule has 22 heavy (non-hydrogen) atoms. The van der Waals surface area contributed by atoms with Gasteiger partial charge in [0.15, 0.2) is 0 Å². The molecule has 2 aromatic rings. The summed E-state index contributed by atoms with van der Waals surface area (Å²) in [5.74, 6) is 0. The molecular formula is C21H23N. The highest BCUT2D eigenvalue weighted by Gasteiger charge is 2.29. The summed E-state index contributed by atoms with van der Waals surface area (Å²) in [6, 6.07) is 2.42. The molecule has 0 unspecified atom stereocenters. The number of fused-ring (bicyclic) bond motifs is 3. The van der Waals surface area contributed by atoms with Crippen LogP contribution in [-0.4, -0.2) is 0 Å². The Morgan fingerprint density at radius 3 is 1.59 bits per heavy atom. The first-order valence-corrected chi connectivity index (χ1v) is 7.93. The van der Waals surface area contributed by atoms with Crippen LogP contribution in [0.25, 0.3) is 11.1 Å². The zero-order chi connectivity index (χ0) is 16.3. The van der Waals surface area contributed by atoms with E-state index in [4.69, 9.17) is 0 Å². The fraction of sp³-hybridized carbons (Fsp3) is 0.381. The smallest absolute Gasteiger partial charge is 0.0997 e. The van der Waals surface area contributed by atoms with Gasteiger partial charge in [0.05, 0.1) is 11.6 Å². The quantitative estimate of drug-likeness (QED) is 0.551. The van der Waals surface area contributed by atoms with Crippen molar-refractivity contribution in [3.63, 3.8) is 0 Å². The number of benzene rings is 2. The predicted octanol–water partition coefficient (Wildman–Crippen LogP) is 5.29. The summed E-state index contributed by atoms with van der Waals surface area (Å²) < 4.78 is 0. The summed E-state index contributed by atoms with van der Waals surface area (Å²) in [5, 5.41) is 9.58. The lowest BCUT2D eigenvalue weighted by Crippen LogP contribution is -2.00. The van der Waals surface area contributed by atoms with Crippen LogP contribution in [0.2, 0.25) is 0 Å². The lowest BCUT2D eigenvalue weighted by atomic mass is 9.85. The normalized spacial score (nSPS) is 12.1. The van der Waals surface area contributed by atoms with E-state index in [1.165, 1.54) is 50.1 Å². The Labute approximate surface area is 133 Å². The van der Waals surface area contributed by atoms with Crippen LogP contribution < -0.4 is 0 Å². The van der Waals surface area contributed by atoms with Crippen LogP contribution in [0.3, 0.4) is 0 Å². The van der Waals surface area contributed by atoms with Gasteiger partial charge in [-0.25, -0.2) is 0 Å². The number of rotatable bonds is 0. The van der Waals surface area contributed by atoms with E-state index < -0.39 is 0 Å². The molecular weight excluding hydrogens is 266 g/mol. The van der Waals surface area contributed by atoms with E-state index in [1.807, 2.05) is 0 Å². The third-order valence-electron chi connectivity index (χ3n) is 5.97. The van der Waals surface area contributed by atoms with E-state index in [2.05, 4.69) is 54.5 Å². The summed E-state index contributed by atoms with van der Waals surface area (Å²) in [5.41, 5.74) is 15.7. The zero-order valence-corrected chi connectivity index (χ0v) is 14.7. The van der Waals surface area contributed by atoms with Crippen molar-refractivity contribution < 1.29 is 0 Å². The van der Waals surface area contributed by atoms with Crippen LogP contribution >= 0.6 is 0 Å². The Morgan fingerprint density at radius 1 is 0.591 bits per heavy atom. The zero-order valence-electron chi connectivity index (χ0n) is 14.7. The lowest BCUT2D eigenvalue weighted by molar-refractivity contribution is 1.12. The summed E-state index contributed by atoms with van der Waals surface area (Å²) in [4.78, 5) is 0. The van der Waals surface area contributed by atoms with E-state index in [9.17, 15) is 5.26 Å². The Morgan fingerprint density at radius 2 is 1.05 bits per heavy atom. The summed E-state index contributed by atoms with van der Waals surface area (Å²) in [6.45, 7) is 15.3. The maximum absolute atomic E-state index is 9.58. The molecule has 112 valence electrons. The Hall–Kier alpha value is -2.07. The van der Waals surface area contributed by atoms with Crippen molar-refractivity contribution in [1.29, 1.82) is 5.26 Å². The minimum atomic E-state index is 0.861. The van der Waals surface area contributed by atoms with Gasteiger partial charge in [-0.1, -0.05) is 0 Å². The fourth-order valence-electron chi connectivity index (χ4n) is 4.09. The molecule has 0 fully saturated rings.